The van der Waals surface area contributed by atoms with Gasteiger partial charge in [-0.25, -0.2) is 4.79 Å². The summed E-state index contributed by atoms with van der Waals surface area (Å²) >= 11 is 0. The lowest BCUT2D eigenvalue weighted by molar-refractivity contribution is -0.130. The standard InChI is InChI=1S/C22H26N4O3/c1-23-21-18-12-26(13-19(18)21)20(28)10-14-2-6-16(7-3-14)25-22(29)24-11-15-4-8-17(27)9-5-15/h2-9,18-19,21,23,27H,10-13H2,1H3,(H2,24,25,29). The van der Waals surface area contributed by atoms with Gasteiger partial charge in [0.15, 0.2) is 0 Å². The van der Waals surface area contributed by atoms with Crippen molar-refractivity contribution in [3.05, 3.63) is 59.7 Å². The molecule has 4 N–H and O–H groups in total. The number of likely N-dealkylation sites (tertiary alicyclic amines) is 1. The average molecular weight is 394 g/mol. The highest BCUT2D eigenvalue weighted by atomic mass is 16.3. The second kappa shape index (κ2) is 8.13. The van der Waals surface area contributed by atoms with Gasteiger partial charge in [0, 0.05) is 31.4 Å². The molecule has 29 heavy (non-hydrogen) atoms. The van der Waals surface area contributed by atoms with Crippen LogP contribution in [0.5, 0.6) is 5.75 Å². The molecule has 1 heterocycles. The summed E-state index contributed by atoms with van der Waals surface area (Å²) in [6.07, 6.45) is 0.386. The molecule has 2 aliphatic rings. The van der Waals surface area contributed by atoms with Gasteiger partial charge in [0.05, 0.1) is 6.42 Å². The first-order valence-corrected chi connectivity index (χ1v) is 9.90. The van der Waals surface area contributed by atoms with Gasteiger partial charge in [0.2, 0.25) is 5.91 Å². The first-order chi connectivity index (χ1) is 14.0. The number of aromatic hydroxyl groups is 1. The summed E-state index contributed by atoms with van der Waals surface area (Å²) in [5.41, 5.74) is 2.51. The maximum Gasteiger partial charge on any atom is 0.319 e. The fourth-order valence-corrected chi connectivity index (χ4v) is 4.12. The molecule has 0 spiro atoms. The highest BCUT2D eigenvalue weighted by Crippen LogP contribution is 2.45. The largest absolute Gasteiger partial charge is 0.508 e. The molecule has 2 aromatic rings. The Labute approximate surface area is 170 Å². The van der Waals surface area contributed by atoms with Gasteiger partial charge in [-0.3, -0.25) is 4.79 Å². The van der Waals surface area contributed by atoms with Crippen LogP contribution in [-0.4, -0.2) is 48.1 Å². The van der Waals surface area contributed by atoms with Crippen molar-refractivity contribution in [2.75, 3.05) is 25.5 Å². The Kier molecular flexibility index (Phi) is 5.40. The Morgan fingerprint density at radius 2 is 1.62 bits per heavy atom. The normalized spacial score (nSPS) is 22.1. The summed E-state index contributed by atoms with van der Waals surface area (Å²) in [4.78, 5) is 26.5. The number of nitrogens with one attached hydrogen (secondary N) is 3. The first-order valence-electron chi connectivity index (χ1n) is 9.90. The summed E-state index contributed by atoms with van der Waals surface area (Å²) in [7, 11) is 1.98. The summed E-state index contributed by atoms with van der Waals surface area (Å²) < 4.78 is 0. The van der Waals surface area contributed by atoms with Crippen LogP contribution in [0.1, 0.15) is 11.1 Å². The number of anilines is 1. The van der Waals surface area contributed by atoms with Gasteiger partial charge in [-0.1, -0.05) is 24.3 Å². The molecule has 2 unspecified atom stereocenters. The zero-order valence-corrected chi connectivity index (χ0v) is 16.4. The van der Waals surface area contributed by atoms with E-state index in [2.05, 4.69) is 16.0 Å². The van der Waals surface area contributed by atoms with Crippen molar-refractivity contribution in [2.24, 2.45) is 11.8 Å². The van der Waals surface area contributed by atoms with E-state index in [1.165, 1.54) is 0 Å². The van der Waals surface area contributed by atoms with Crippen molar-refractivity contribution in [2.45, 2.75) is 19.0 Å². The van der Waals surface area contributed by atoms with E-state index in [1.54, 1.807) is 36.4 Å². The molecule has 1 saturated carbocycles. The second-order valence-corrected chi connectivity index (χ2v) is 7.79. The van der Waals surface area contributed by atoms with Crippen molar-refractivity contribution in [1.29, 1.82) is 0 Å². The summed E-state index contributed by atoms with van der Waals surface area (Å²) in [5, 5.41) is 18.1. The Bertz CT molecular complexity index is 870. The number of urea groups is 1. The van der Waals surface area contributed by atoms with E-state index in [0.717, 1.165) is 24.2 Å². The first kappa shape index (κ1) is 19.3. The number of nitrogens with zero attached hydrogens (tertiary/aromatic N) is 1. The van der Waals surface area contributed by atoms with E-state index in [0.29, 0.717) is 36.5 Å². The van der Waals surface area contributed by atoms with Crippen molar-refractivity contribution >= 4 is 17.6 Å². The van der Waals surface area contributed by atoms with Crippen LogP contribution in [0.3, 0.4) is 0 Å². The van der Waals surface area contributed by atoms with Crippen LogP contribution >= 0.6 is 0 Å². The highest BCUT2D eigenvalue weighted by Gasteiger charge is 2.55. The third kappa shape index (κ3) is 4.51. The predicted octanol–water partition coefficient (Wildman–Crippen LogP) is 1.93. The van der Waals surface area contributed by atoms with E-state index < -0.39 is 0 Å². The minimum Gasteiger partial charge on any atom is -0.508 e. The Balaban J connectivity index is 1.22. The number of phenolic OH excluding ortho intramolecular Hbond substituents is 1. The van der Waals surface area contributed by atoms with Crippen molar-refractivity contribution in [3.8, 4) is 5.75 Å². The molecular weight excluding hydrogens is 368 g/mol. The lowest BCUT2D eigenvalue weighted by Gasteiger charge is -2.20. The molecule has 7 nitrogen and oxygen atoms in total. The number of fused-ring (bicyclic) bond motifs is 1. The number of phenols is 1. The second-order valence-electron chi connectivity index (χ2n) is 7.79. The van der Waals surface area contributed by atoms with Crippen LogP contribution < -0.4 is 16.0 Å². The van der Waals surface area contributed by atoms with Gasteiger partial charge in [-0.15, -0.1) is 0 Å². The molecule has 152 valence electrons. The molecule has 3 amide bonds. The van der Waals surface area contributed by atoms with Crippen LogP contribution in [-0.2, 0) is 17.8 Å². The molecule has 4 rings (SSSR count). The van der Waals surface area contributed by atoms with Gasteiger partial charge in [0.25, 0.3) is 0 Å². The van der Waals surface area contributed by atoms with Crippen LogP contribution in [0.15, 0.2) is 48.5 Å². The van der Waals surface area contributed by atoms with Gasteiger partial charge in [0.1, 0.15) is 5.75 Å². The molecule has 1 aliphatic carbocycles. The van der Waals surface area contributed by atoms with Crippen molar-refractivity contribution < 1.29 is 14.7 Å². The number of carbonyl (C=O) groups excluding carboxylic acids is 2. The van der Waals surface area contributed by atoms with Crippen LogP contribution in [0.4, 0.5) is 10.5 Å². The third-order valence-electron chi connectivity index (χ3n) is 5.84. The van der Waals surface area contributed by atoms with Crippen molar-refractivity contribution in [3.63, 3.8) is 0 Å². The van der Waals surface area contributed by atoms with Gasteiger partial charge >= 0.3 is 6.03 Å². The van der Waals surface area contributed by atoms with E-state index >= 15 is 0 Å². The van der Waals surface area contributed by atoms with Crippen LogP contribution in [0, 0.1) is 11.8 Å². The van der Waals surface area contributed by atoms with Gasteiger partial charge < -0.3 is 26.0 Å². The Hall–Kier alpha value is -3.06. The topological polar surface area (TPSA) is 93.7 Å². The number of carbonyl (C=O) groups is 2. The van der Waals surface area contributed by atoms with Crippen LogP contribution in [0.2, 0.25) is 0 Å². The Morgan fingerprint density at radius 3 is 2.24 bits per heavy atom. The molecule has 2 aromatic carbocycles. The minimum absolute atomic E-state index is 0.166. The lowest BCUT2D eigenvalue weighted by Crippen LogP contribution is -2.35. The fraction of sp³-hybridized carbons (Fsp3) is 0.364. The van der Waals surface area contributed by atoms with Crippen molar-refractivity contribution in [1.82, 2.24) is 15.5 Å². The maximum absolute atomic E-state index is 12.5. The van der Waals surface area contributed by atoms with Gasteiger partial charge in [-0.2, -0.15) is 0 Å². The number of amides is 3. The lowest BCUT2D eigenvalue weighted by atomic mass is 10.1. The quantitative estimate of drug-likeness (QED) is 0.602. The molecule has 1 aliphatic heterocycles. The molecule has 0 bridgehead atoms. The number of benzene rings is 2. The van der Waals surface area contributed by atoms with Crippen LogP contribution in [0.25, 0.3) is 0 Å². The average Bonchev–Trinajstić information content (AvgIpc) is 3.19. The summed E-state index contributed by atoms with van der Waals surface area (Å²) in [5.74, 6) is 1.60. The minimum atomic E-state index is -0.308. The van der Waals surface area contributed by atoms with E-state index in [9.17, 15) is 14.7 Å². The third-order valence-corrected chi connectivity index (χ3v) is 5.84. The SMILES string of the molecule is CNC1C2CN(C(=O)Cc3ccc(NC(=O)NCc4ccc(O)cc4)cc3)CC21. The fourth-order valence-electron chi connectivity index (χ4n) is 4.12. The summed E-state index contributed by atoms with van der Waals surface area (Å²) in [6, 6.07) is 14.3. The van der Waals surface area contributed by atoms with E-state index in [1.807, 2.05) is 24.1 Å². The molecule has 1 saturated heterocycles. The molecule has 7 heteroatoms. The molecular formula is C22H26N4O3. The molecule has 0 aromatic heterocycles. The number of piperidine rings is 1. The predicted molar refractivity (Wildman–Crippen MR) is 111 cm³/mol. The molecule has 0 radical (unpaired) electrons. The monoisotopic (exact) mass is 394 g/mol. The number of rotatable bonds is 6. The van der Waals surface area contributed by atoms with E-state index in [4.69, 9.17) is 0 Å². The summed E-state index contributed by atoms with van der Waals surface area (Å²) in [6.45, 7) is 2.08. The smallest absolute Gasteiger partial charge is 0.319 e. The number of hydrogen-bond acceptors (Lipinski definition) is 4. The molecule has 2 atom stereocenters. The van der Waals surface area contributed by atoms with E-state index in [-0.39, 0.29) is 17.7 Å². The number of hydrogen-bond donors (Lipinski definition) is 4. The Morgan fingerprint density at radius 1 is 1.00 bits per heavy atom. The zero-order chi connectivity index (χ0) is 20.4. The highest BCUT2D eigenvalue weighted by molar-refractivity contribution is 5.89. The van der Waals surface area contributed by atoms with Gasteiger partial charge in [-0.05, 0) is 54.3 Å². The maximum atomic E-state index is 12.5. The molecule has 2 fully saturated rings. The zero-order valence-electron chi connectivity index (χ0n) is 16.4.